The number of esters is 1. The first-order valence-corrected chi connectivity index (χ1v) is 10.5. The van der Waals surface area contributed by atoms with E-state index in [0.29, 0.717) is 40.8 Å². The van der Waals surface area contributed by atoms with E-state index in [2.05, 4.69) is 0 Å². The molecule has 8 heteroatoms. The molecule has 1 aromatic carbocycles. The van der Waals surface area contributed by atoms with Crippen molar-refractivity contribution in [2.45, 2.75) is 45.6 Å². The van der Waals surface area contributed by atoms with Crippen molar-refractivity contribution in [2.24, 2.45) is 11.8 Å². The molecule has 30 heavy (non-hydrogen) atoms. The lowest BCUT2D eigenvalue weighted by molar-refractivity contribution is -0.153. The second-order valence-corrected chi connectivity index (χ2v) is 8.21. The van der Waals surface area contributed by atoms with Crippen LogP contribution in [-0.4, -0.2) is 29.2 Å². The zero-order chi connectivity index (χ0) is 21.4. The van der Waals surface area contributed by atoms with Gasteiger partial charge in [0, 0.05) is 22.0 Å². The maximum absolute atomic E-state index is 12.5. The van der Waals surface area contributed by atoms with Crippen LogP contribution in [0.1, 0.15) is 43.7 Å². The van der Waals surface area contributed by atoms with Gasteiger partial charge in [0.15, 0.2) is 0 Å². The Morgan fingerprint density at radius 2 is 1.77 bits per heavy atom. The molecule has 2 unspecified atom stereocenters. The summed E-state index contributed by atoms with van der Waals surface area (Å²) in [4.78, 5) is 50.3. The van der Waals surface area contributed by atoms with Gasteiger partial charge in [-0.05, 0) is 37.0 Å². The van der Waals surface area contributed by atoms with Crippen molar-refractivity contribution in [3.8, 4) is 0 Å². The fourth-order valence-corrected chi connectivity index (χ4v) is 4.70. The number of carbonyl (C=O) groups is 3. The van der Waals surface area contributed by atoms with Crippen LogP contribution in [0.5, 0.6) is 0 Å². The summed E-state index contributed by atoms with van der Waals surface area (Å²) >= 11 is 6.27. The molecule has 0 spiro atoms. The molecule has 1 saturated carbocycles. The minimum Gasteiger partial charge on any atom is -0.459 e. The quantitative estimate of drug-likeness (QED) is 0.410. The highest BCUT2D eigenvalue weighted by Gasteiger charge is 2.48. The van der Waals surface area contributed by atoms with Crippen molar-refractivity contribution in [2.75, 3.05) is 6.54 Å². The summed E-state index contributed by atoms with van der Waals surface area (Å²) in [5.74, 6) is -1.89. The van der Waals surface area contributed by atoms with Gasteiger partial charge in [0.25, 0.3) is 0 Å². The highest BCUT2D eigenvalue weighted by molar-refractivity contribution is 6.32. The molecule has 7 nitrogen and oxygen atoms in total. The lowest BCUT2D eigenvalue weighted by atomic mass is 9.81. The van der Waals surface area contributed by atoms with Crippen LogP contribution in [0.2, 0.25) is 5.02 Å². The third kappa shape index (κ3) is 3.74. The predicted molar refractivity (Wildman–Crippen MR) is 109 cm³/mol. The summed E-state index contributed by atoms with van der Waals surface area (Å²) in [6, 6.07) is 4.63. The Morgan fingerprint density at radius 1 is 1.10 bits per heavy atom. The van der Waals surface area contributed by atoms with Crippen LogP contribution in [0.4, 0.5) is 0 Å². The van der Waals surface area contributed by atoms with Crippen LogP contribution in [0.3, 0.4) is 0 Å². The number of halogens is 1. The monoisotopic (exact) mass is 431 g/mol. The van der Waals surface area contributed by atoms with Crippen molar-refractivity contribution in [1.29, 1.82) is 0 Å². The lowest BCUT2D eigenvalue weighted by Gasteiger charge is -2.19. The number of benzene rings is 1. The molecule has 2 aromatic rings. The van der Waals surface area contributed by atoms with Gasteiger partial charge < -0.3 is 9.15 Å². The molecule has 0 bridgehead atoms. The molecule has 1 saturated heterocycles. The minimum absolute atomic E-state index is 0.189. The number of ether oxygens (including phenoxy) is 1. The van der Waals surface area contributed by atoms with Crippen molar-refractivity contribution < 1.29 is 23.5 Å². The van der Waals surface area contributed by atoms with Gasteiger partial charge in [0.05, 0.1) is 11.8 Å². The Morgan fingerprint density at radius 3 is 2.40 bits per heavy atom. The van der Waals surface area contributed by atoms with E-state index in [9.17, 15) is 19.2 Å². The molecular formula is C22H22ClNO6. The van der Waals surface area contributed by atoms with Gasteiger partial charge in [0.2, 0.25) is 11.8 Å². The standard InChI is InChI=1S/C22H22ClNO6/c1-2-12-7-18-16(9-17(12)23)13(8-19(25)30-18)11-29-20(26)10-24-21(27)14-5-3-4-6-15(14)22(24)28/h7-9,14-15H,2-6,10-11H2,1H3. The van der Waals surface area contributed by atoms with Gasteiger partial charge >= 0.3 is 11.6 Å². The molecule has 2 aliphatic rings. The number of fused-ring (bicyclic) bond motifs is 2. The predicted octanol–water partition coefficient (Wildman–Crippen LogP) is 3.23. The van der Waals surface area contributed by atoms with Crippen LogP contribution in [0.15, 0.2) is 27.4 Å². The van der Waals surface area contributed by atoms with Crippen LogP contribution < -0.4 is 5.63 Å². The Bertz CT molecular complexity index is 1070. The smallest absolute Gasteiger partial charge is 0.336 e. The maximum Gasteiger partial charge on any atom is 0.336 e. The number of aryl methyl sites for hydroxylation is 1. The van der Waals surface area contributed by atoms with Crippen molar-refractivity contribution >= 4 is 40.4 Å². The molecule has 2 heterocycles. The second-order valence-electron chi connectivity index (χ2n) is 7.80. The number of nitrogens with zero attached hydrogens (tertiary/aromatic N) is 1. The molecule has 2 amide bonds. The van der Waals surface area contributed by atoms with E-state index in [1.807, 2.05) is 6.92 Å². The van der Waals surface area contributed by atoms with E-state index >= 15 is 0 Å². The highest BCUT2D eigenvalue weighted by Crippen LogP contribution is 2.37. The maximum atomic E-state index is 12.5. The Labute approximate surface area is 177 Å². The van der Waals surface area contributed by atoms with Crippen molar-refractivity contribution in [1.82, 2.24) is 4.90 Å². The SMILES string of the molecule is CCc1cc2oc(=O)cc(COC(=O)CN3C(=O)C4CCCCC4C3=O)c2cc1Cl. The Balaban J connectivity index is 1.48. The lowest BCUT2D eigenvalue weighted by Crippen LogP contribution is -2.36. The number of rotatable bonds is 5. The topological polar surface area (TPSA) is 93.9 Å². The third-order valence-electron chi connectivity index (χ3n) is 5.99. The van der Waals surface area contributed by atoms with Crippen molar-refractivity contribution in [3.63, 3.8) is 0 Å². The van der Waals surface area contributed by atoms with E-state index in [0.717, 1.165) is 23.3 Å². The third-order valence-corrected chi connectivity index (χ3v) is 6.34. The van der Waals surface area contributed by atoms with E-state index in [4.69, 9.17) is 20.8 Å². The van der Waals surface area contributed by atoms with Crippen LogP contribution in [0.25, 0.3) is 11.0 Å². The van der Waals surface area contributed by atoms with Gasteiger partial charge in [-0.25, -0.2) is 4.79 Å². The van der Waals surface area contributed by atoms with E-state index in [1.54, 1.807) is 12.1 Å². The van der Waals surface area contributed by atoms with E-state index in [1.165, 1.54) is 6.07 Å². The number of carbonyl (C=O) groups excluding carboxylic acids is 3. The molecule has 4 rings (SSSR count). The minimum atomic E-state index is -0.701. The molecule has 0 N–H and O–H groups in total. The van der Waals surface area contributed by atoms with Gasteiger partial charge in [-0.15, -0.1) is 0 Å². The van der Waals surface area contributed by atoms with Crippen LogP contribution in [0, 0.1) is 11.8 Å². The average Bonchev–Trinajstić information content (AvgIpc) is 2.97. The van der Waals surface area contributed by atoms with Gasteiger partial charge in [-0.1, -0.05) is 31.4 Å². The van der Waals surface area contributed by atoms with Gasteiger partial charge in [-0.2, -0.15) is 0 Å². The first kappa shape index (κ1) is 20.6. The summed E-state index contributed by atoms with van der Waals surface area (Å²) in [6.45, 7) is 1.34. The number of imide groups is 1. The van der Waals surface area contributed by atoms with E-state index in [-0.39, 0.29) is 30.3 Å². The normalized spacial score (nSPS) is 21.2. The molecule has 1 aliphatic carbocycles. The Kier molecular flexibility index (Phi) is 5.64. The summed E-state index contributed by atoms with van der Waals surface area (Å²) in [5.41, 5.74) is 1.09. The Hall–Kier alpha value is -2.67. The number of amides is 2. The van der Waals surface area contributed by atoms with Gasteiger partial charge in [-0.3, -0.25) is 19.3 Å². The summed E-state index contributed by atoms with van der Waals surface area (Å²) in [7, 11) is 0. The summed E-state index contributed by atoms with van der Waals surface area (Å²) in [6.07, 6.45) is 3.90. The highest BCUT2D eigenvalue weighted by atomic mass is 35.5. The summed E-state index contributed by atoms with van der Waals surface area (Å²) in [5, 5.41) is 1.10. The van der Waals surface area contributed by atoms with Gasteiger partial charge in [0.1, 0.15) is 18.7 Å². The molecule has 0 radical (unpaired) electrons. The largest absolute Gasteiger partial charge is 0.459 e. The van der Waals surface area contributed by atoms with Crippen molar-refractivity contribution in [3.05, 3.63) is 44.8 Å². The van der Waals surface area contributed by atoms with Crippen LogP contribution >= 0.6 is 11.6 Å². The average molecular weight is 432 g/mol. The molecule has 158 valence electrons. The zero-order valence-corrected chi connectivity index (χ0v) is 17.4. The second kappa shape index (κ2) is 8.22. The number of hydrogen-bond acceptors (Lipinski definition) is 6. The van der Waals surface area contributed by atoms with E-state index < -0.39 is 18.1 Å². The fourth-order valence-electron chi connectivity index (χ4n) is 4.40. The number of likely N-dealkylation sites (tertiary alicyclic amines) is 1. The number of hydrogen-bond donors (Lipinski definition) is 0. The zero-order valence-electron chi connectivity index (χ0n) is 16.6. The molecular weight excluding hydrogens is 410 g/mol. The fraction of sp³-hybridized carbons (Fsp3) is 0.455. The first-order valence-electron chi connectivity index (χ1n) is 10.1. The molecule has 1 aliphatic heterocycles. The molecule has 2 atom stereocenters. The van der Waals surface area contributed by atoms with Crippen LogP contribution in [-0.2, 0) is 32.1 Å². The molecule has 1 aromatic heterocycles. The molecule has 2 fully saturated rings. The first-order chi connectivity index (χ1) is 14.4. The summed E-state index contributed by atoms with van der Waals surface area (Å²) < 4.78 is 10.5.